The Kier molecular flexibility index (Phi) is 2.86. The van der Waals surface area contributed by atoms with Crippen molar-refractivity contribution in [2.75, 3.05) is 5.32 Å². The molecular formula is C17H21N3. The highest BCUT2D eigenvalue weighted by Gasteiger charge is 2.41. The number of benzene rings is 1. The maximum absolute atomic E-state index is 4.68. The van der Waals surface area contributed by atoms with Crippen LogP contribution >= 0.6 is 0 Å². The van der Waals surface area contributed by atoms with Crippen LogP contribution in [-0.4, -0.2) is 16.0 Å². The number of para-hydroxylation sites is 2. The summed E-state index contributed by atoms with van der Waals surface area (Å²) in [5.41, 5.74) is 1.93. The van der Waals surface area contributed by atoms with Crippen LogP contribution in [0.4, 0.5) is 5.82 Å². The Morgan fingerprint density at radius 1 is 1.15 bits per heavy atom. The first-order chi connectivity index (χ1) is 9.79. The van der Waals surface area contributed by atoms with E-state index >= 15 is 0 Å². The standard InChI is InChI=1S/C17H21N3/c1-11(14-9-12-6-7-13(14)8-12)19-17-10-18-15-4-2-3-5-16(15)20-17/h2-5,10-14H,6-9H2,1H3,(H,19,20). The predicted molar refractivity (Wildman–Crippen MR) is 81.6 cm³/mol. The van der Waals surface area contributed by atoms with Gasteiger partial charge in [0, 0.05) is 6.04 Å². The lowest BCUT2D eigenvalue weighted by Crippen LogP contribution is -2.30. The van der Waals surface area contributed by atoms with Crippen LogP contribution in [0.25, 0.3) is 11.0 Å². The fraction of sp³-hybridized carbons (Fsp3) is 0.529. The van der Waals surface area contributed by atoms with Crippen molar-refractivity contribution in [2.24, 2.45) is 17.8 Å². The van der Waals surface area contributed by atoms with Crippen molar-refractivity contribution in [3.8, 4) is 0 Å². The van der Waals surface area contributed by atoms with Gasteiger partial charge in [-0.1, -0.05) is 18.6 Å². The summed E-state index contributed by atoms with van der Waals surface area (Å²) in [6.45, 7) is 2.31. The van der Waals surface area contributed by atoms with E-state index in [4.69, 9.17) is 0 Å². The number of rotatable bonds is 3. The van der Waals surface area contributed by atoms with Crippen LogP contribution in [0.1, 0.15) is 32.6 Å². The summed E-state index contributed by atoms with van der Waals surface area (Å²) in [4.78, 5) is 9.16. The number of anilines is 1. The normalized spacial score (nSPS) is 29.8. The highest BCUT2D eigenvalue weighted by Crippen LogP contribution is 2.49. The van der Waals surface area contributed by atoms with Gasteiger partial charge in [-0.25, -0.2) is 4.98 Å². The molecule has 0 saturated heterocycles. The smallest absolute Gasteiger partial charge is 0.145 e. The van der Waals surface area contributed by atoms with E-state index in [1.807, 2.05) is 30.5 Å². The molecule has 0 amide bonds. The second kappa shape index (κ2) is 4.72. The van der Waals surface area contributed by atoms with Gasteiger partial charge in [-0.05, 0) is 56.1 Å². The molecule has 104 valence electrons. The molecule has 1 aromatic heterocycles. The molecule has 2 aliphatic carbocycles. The molecule has 2 fully saturated rings. The fourth-order valence-corrected chi connectivity index (χ4v) is 4.27. The zero-order valence-electron chi connectivity index (χ0n) is 11.9. The van der Waals surface area contributed by atoms with E-state index in [0.29, 0.717) is 6.04 Å². The Balaban J connectivity index is 1.52. The summed E-state index contributed by atoms with van der Waals surface area (Å²) in [6.07, 6.45) is 7.63. The van der Waals surface area contributed by atoms with Crippen LogP contribution < -0.4 is 5.32 Å². The molecule has 3 nitrogen and oxygen atoms in total. The van der Waals surface area contributed by atoms with Crippen molar-refractivity contribution in [1.82, 2.24) is 9.97 Å². The van der Waals surface area contributed by atoms with Gasteiger partial charge < -0.3 is 5.32 Å². The van der Waals surface area contributed by atoms with Crippen molar-refractivity contribution in [2.45, 2.75) is 38.6 Å². The molecule has 1 heterocycles. The summed E-state index contributed by atoms with van der Waals surface area (Å²) in [5, 5.41) is 3.59. The number of fused-ring (bicyclic) bond motifs is 3. The number of aromatic nitrogens is 2. The van der Waals surface area contributed by atoms with Gasteiger partial charge in [0.1, 0.15) is 5.82 Å². The van der Waals surface area contributed by atoms with E-state index in [2.05, 4.69) is 22.2 Å². The Hall–Kier alpha value is -1.64. The third-order valence-corrected chi connectivity index (χ3v) is 5.26. The van der Waals surface area contributed by atoms with Crippen molar-refractivity contribution in [1.29, 1.82) is 0 Å². The minimum Gasteiger partial charge on any atom is -0.366 e. The maximum atomic E-state index is 4.68. The lowest BCUT2D eigenvalue weighted by atomic mass is 9.84. The maximum Gasteiger partial charge on any atom is 0.145 e. The molecule has 2 saturated carbocycles. The molecular weight excluding hydrogens is 246 g/mol. The Morgan fingerprint density at radius 2 is 2.00 bits per heavy atom. The molecule has 2 aromatic rings. The first-order valence-electron chi connectivity index (χ1n) is 7.78. The molecule has 3 heteroatoms. The minimum absolute atomic E-state index is 0.501. The van der Waals surface area contributed by atoms with Crippen molar-refractivity contribution in [3.05, 3.63) is 30.5 Å². The molecule has 1 aromatic carbocycles. The van der Waals surface area contributed by atoms with Gasteiger partial charge in [0.2, 0.25) is 0 Å². The second-order valence-corrected chi connectivity index (χ2v) is 6.52. The molecule has 0 radical (unpaired) electrons. The zero-order chi connectivity index (χ0) is 13.5. The zero-order valence-corrected chi connectivity index (χ0v) is 11.9. The topological polar surface area (TPSA) is 37.8 Å². The Labute approximate surface area is 119 Å². The molecule has 2 aliphatic rings. The van der Waals surface area contributed by atoms with Gasteiger partial charge in [-0.2, -0.15) is 0 Å². The SMILES string of the molecule is CC(Nc1cnc2ccccc2n1)C1CC2CCC1C2. The lowest BCUT2D eigenvalue weighted by Gasteiger charge is -2.28. The van der Waals surface area contributed by atoms with Crippen LogP contribution in [0.5, 0.6) is 0 Å². The van der Waals surface area contributed by atoms with E-state index in [1.165, 1.54) is 25.7 Å². The lowest BCUT2D eigenvalue weighted by molar-refractivity contribution is 0.304. The van der Waals surface area contributed by atoms with E-state index in [0.717, 1.165) is 34.6 Å². The number of nitrogens with one attached hydrogen (secondary N) is 1. The number of hydrogen-bond donors (Lipinski definition) is 1. The van der Waals surface area contributed by atoms with Crippen molar-refractivity contribution in [3.63, 3.8) is 0 Å². The van der Waals surface area contributed by atoms with Gasteiger partial charge in [0.05, 0.1) is 17.2 Å². The predicted octanol–water partition coefficient (Wildman–Crippen LogP) is 3.87. The summed E-state index contributed by atoms with van der Waals surface area (Å²) < 4.78 is 0. The molecule has 0 spiro atoms. The van der Waals surface area contributed by atoms with Crippen LogP contribution in [-0.2, 0) is 0 Å². The first-order valence-corrected chi connectivity index (χ1v) is 7.78. The quantitative estimate of drug-likeness (QED) is 0.917. The van der Waals surface area contributed by atoms with E-state index in [9.17, 15) is 0 Å². The fourth-order valence-electron chi connectivity index (χ4n) is 4.27. The molecule has 4 atom stereocenters. The second-order valence-electron chi connectivity index (χ2n) is 6.52. The average Bonchev–Trinajstić information content (AvgIpc) is 3.10. The van der Waals surface area contributed by atoms with E-state index in [-0.39, 0.29) is 0 Å². The molecule has 4 unspecified atom stereocenters. The van der Waals surface area contributed by atoms with Gasteiger partial charge in [0.25, 0.3) is 0 Å². The first kappa shape index (κ1) is 12.1. The highest BCUT2D eigenvalue weighted by molar-refractivity contribution is 5.75. The Morgan fingerprint density at radius 3 is 2.75 bits per heavy atom. The summed E-state index contributed by atoms with van der Waals surface area (Å²) >= 11 is 0. The average molecular weight is 267 g/mol. The molecule has 20 heavy (non-hydrogen) atoms. The van der Waals surface area contributed by atoms with Gasteiger partial charge in [0.15, 0.2) is 0 Å². The molecule has 0 aliphatic heterocycles. The number of nitrogens with zero attached hydrogens (tertiary/aromatic N) is 2. The van der Waals surface area contributed by atoms with E-state index < -0.39 is 0 Å². The van der Waals surface area contributed by atoms with Crippen LogP contribution in [0.2, 0.25) is 0 Å². The molecule has 2 bridgehead atoms. The summed E-state index contributed by atoms with van der Waals surface area (Å²) in [7, 11) is 0. The molecule has 4 rings (SSSR count). The van der Waals surface area contributed by atoms with Gasteiger partial charge in [-0.15, -0.1) is 0 Å². The minimum atomic E-state index is 0.501. The van der Waals surface area contributed by atoms with Crippen LogP contribution in [0.3, 0.4) is 0 Å². The van der Waals surface area contributed by atoms with Crippen LogP contribution in [0, 0.1) is 17.8 Å². The molecule has 1 N–H and O–H groups in total. The largest absolute Gasteiger partial charge is 0.366 e. The third kappa shape index (κ3) is 2.05. The third-order valence-electron chi connectivity index (χ3n) is 5.26. The monoisotopic (exact) mass is 267 g/mol. The van der Waals surface area contributed by atoms with Gasteiger partial charge >= 0.3 is 0 Å². The van der Waals surface area contributed by atoms with Gasteiger partial charge in [-0.3, -0.25) is 4.98 Å². The highest BCUT2D eigenvalue weighted by atomic mass is 15.0. The van der Waals surface area contributed by atoms with Crippen LogP contribution in [0.15, 0.2) is 30.5 Å². The van der Waals surface area contributed by atoms with Crippen molar-refractivity contribution < 1.29 is 0 Å². The Bertz CT molecular complexity index is 624. The summed E-state index contributed by atoms with van der Waals surface area (Å²) in [6, 6.07) is 8.55. The number of hydrogen-bond acceptors (Lipinski definition) is 3. The van der Waals surface area contributed by atoms with Crippen molar-refractivity contribution >= 4 is 16.9 Å². The summed E-state index contributed by atoms with van der Waals surface area (Å²) in [5.74, 6) is 3.67. The van der Waals surface area contributed by atoms with E-state index in [1.54, 1.807) is 0 Å².